The Morgan fingerprint density at radius 1 is 0.310 bits per heavy atom. The number of hydrogen-bond donors (Lipinski definition) is 0. The highest BCUT2D eigenvalue weighted by Crippen LogP contribution is 2.52. The Bertz CT molecular complexity index is 3350. The summed E-state index contributed by atoms with van der Waals surface area (Å²) in [6.07, 6.45) is 6.52. The van der Waals surface area contributed by atoms with Gasteiger partial charge in [0.1, 0.15) is 0 Å². The van der Waals surface area contributed by atoms with E-state index in [1.54, 1.807) is 0 Å². The highest BCUT2D eigenvalue weighted by molar-refractivity contribution is 5.96. The van der Waals surface area contributed by atoms with Crippen molar-refractivity contribution in [3.05, 3.63) is 265 Å². The lowest BCUT2D eigenvalue weighted by atomic mass is 9.82. The van der Waals surface area contributed by atoms with Gasteiger partial charge in [0.15, 0.2) is 0 Å². The molecule has 2 heteroatoms. The van der Waals surface area contributed by atoms with Crippen molar-refractivity contribution in [1.82, 2.24) is 0 Å². The zero-order valence-corrected chi connectivity index (χ0v) is 40.7. The van der Waals surface area contributed by atoms with E-state index in [9.17, 15) is 0 Å². The fourth-order valence-electron chi connectivity index (χ4n) is 11.6. The Morgan fingerprint density at radius 3 is 1.37 bits per heavy atom. The van der Waals surface area contributed by atoms with Gasteiger partial charge in [-0.2, -0.15) is 0 Å². The number of nitrogens with zero attached hydrogens (tertiary/aromatic N) is 2. The quantitative estimate of drug-likeness (QED) is 0.128. The molecule has 10 aromatic carbocycles. The maximum atomic E-state index is 2.50. The summed E-state index contributed by atoms with van der Waals surface area (Å²) < 4.78 is 0. The molecule has 0 atom stereocenters. The summed E-state index contributed by atoms with van der Waals surface area (Å²) in [5, 5.41) is 0. The van der Waals surface area contributed by atoms with E-state index in [1.165, 1.54) is 93.3 Å². The van der Waals surface area contributed by atoms with Gasteiger partial charge in [-0.1, -0.05) is 215 Å². The first-order chi connectivity index (χ1) is 35.0. The molecule has 10 aromatic rings. The predicted molar refractivity (Wildman–Crippen MR) is 301 cm³/mol. The van der Waals surface area contributed by atoms with E-state index in [2.05, 4.69) is 272 Å². The van der Waals surface area contributed by atoms with Gasteiger partial charge < -0.3 is 9.80 Å². The summed E-state index contributed by atoms with van der Waals surface area (Å²) in [7, 11) is 0. The molecule has 0 bridgehead atoms. The summed E-state index contributed by atoms with van der Waals surface area (Å²) in [6.45, 7) is 4.76. The van der Waals surface area contributed by atoms with E-state index in [1.807, 2.05) is 0 Å². The predicted octanol–water partition coefficient (Wildman–Crippen LogP) is 19.6. The average Bonchev–Trinajstić information content (AvgIpc) is 3.67. The van der Waals surface area contributed by atoms with Crippen LogP contribution in [0.25, 0.3) is 55.6 Å². The SMILES string of the molecule is CC1(C)c2ccccc2-c2ccc(N(c3ccc(C4CCCCC4)cc3)c3cc(-c4ccc(-c5c(-c6ccccc6)cccc5-c5ccccc5)cc4)cc(N(c4ccccc4)c4ccccc4)c3)cc21. The van der Waals surface area contributed by atoms with Crippen LogP contribution in [0.2, 0.25) is 0 Å². The largest absolute Gasteiger partial charge is 0.310 e. The number of rotatable bonds is 11. The van der Waals surface area contributed by atoms with Gasteiger partial charge in [-0.05, 0) is 158 Å². The minimum Gasteiger partial charge on any atom is -0.310 e. The van der Waals surface area contributed by atoms with E-state index >= 15 is 0 Å². The molecule has 344 valence electrons. The molecule has 0 heterocycles. The highest BCUT2D eigenvalue weighted by Gasteiger charge is 2.36. The number of benzene rings is 10. The van der Waals surface area contributed by atoms with Crippen molar-refractivity contribution < 1.29 is 0 Å². The van der Waals surface area contributed by atoms with Crippen molar-refractivity contribution >= 4 is 34.1 Å². The number of anilines is 6. The maximum Gasteiger partial charge on any atom is 0.0488 e. The van der Waals surface area contributed by atoms with E-state index in [0.717, 1.165) is 45.3 Å². The minimum atomic E-state index is -0.149. The fraction of sp³-hybridized carbons (Fsp3) is 0.130. The van der Waals surface area contributed by atoms with Gasteiger partial charge in [-0.15, -0.1) is 0 Å². The lowest BCUT2D eigenvalue weighted by Crippen LogP contribution is -2.17. The van der Waals surface area contributed by atoms with Gasteiger partial charge in [-0.25, -0.2) is 0 Å². The third-order valence-electron chi connectivity index (χ3n) is 15.2. The van der Waals surface area contributed by atoms with Gasteiger partial charge in [0, 0.05) is 39.5 Å². The first kappa shape index (κ1) is 44.0. The van der Waals surface area contributed by atoms with Crippen molar-refractivity contribution in [3.8, 4) is 55.6 Å². The second-order valence-corrected chi connectivity index (χ2v) is 19.9. The van der Waals surface area contributed by atoms with Crippen LogP contribution in [0, 0.1) is 0 Å². The number of fused-ring (bicyclic) bond motifs is 3. The molecule has 2 aliphatic rings. The molecule has 0 spiro atoms. The van der Waals surface area contributed by atoms with Crippen LogP contribution < -0.4 is 9.80 Å². The normalized spacial score (nSPS) is 13.8. The monoisotopic (exact) mass is 914 g/mol. The van der Waals surface area contributed by atoms with Crippen molar-refractivity contribution in [2.45, 2.75) is 57.3 Å². The number of para-hydroxylation sites is 2. The molecule has 1 fully saturated rings. The Hall–Kier alpha value is -8.20. The molecule has 0 saturated heterocycles. The van der Waals surface area contributed by atoms with Crippen LogP contribution in [0.3, 0.4) is 0 Å². The molecule has 0 aliphatic heterocycles. The molecule has 2 nitrogen and oxygen atoms in total. The Balaban J connectivity index is 1.05. The first-order valence-corrected chi connectivity index (χ1v) is 25.5. The van der Waals surface area contributed by atoms with E-state index in [0.29, 0.717) is 5.92 Å². The molecule has 0 aromatic heterocycles. The van der Waals surface area contributed by atoms with Gasteiger partial charge in [0.05, 0.1) is 0 Å². The van der Waals surface area contributed by atoms with Gasteiger partial charge >= 0.3 is 0 Å². The van der Waals surface area contributed by atoms with Crippen LogP contribution in [-0.4, -0.2) is 0 Å². The van der Waals surface area contributed by atoms with E-state index in [-0.39, 0.29) is 5.41 Å². The van der Waals surface area contributed by atoms with E-state index in [4.69, 9.17) is 0 Å². The zero-order chi connectivity index (χ0) is 47.7. The molecule has 0 radical (unpaired) electrons. The topological polar surface area (TPSA) is 6.48 Å². The highest BCUT2D eigenvalue weighted by atomic mass is 15.2. The number of hydrogen-bond acceptors (Lipinski definition) is 2. The molecule has 2 aliphatic carbocycles. The van der Waals surface area contributed by atoms with Crippen LogP contribution in [0.1, 0.15) is 68.6 Å². The third kappa shape index (κ3) is 8.44. The summed E-state index contributed by atoms with van der Waals surface area (Å²) in [5.41, 5.74) is 22.9. The second kappa shape index (κ2) is 18.9. The Kier molecular flexibility index (Phi) is 11.8. The van der Waals surface area contributed by atoms with Crippen LogP contribution in [0.5, 0.6) is 0 Å². The third-order valence-corrected chi connectivity index (χ3v) is 15.2. The Labute approximate surface area is 420 Å². The molecule has 71 heavy (non-hydrogen) atoms. The fourth-order valence-corrected chi connectivity index (χ4v) is 11.6. The van der Waals surface area contributed by atoms with Crippen LogP contribution >= 0.6 is 0 Å². The molecule has 1 saturated carbocycles. The van der Waals surface area contributed by atoms with Gasteiger partial charge in [0.25, 0.3) is 0 Å². The smallest absolute Gasteiger partial charge is 0.0488 e. The maximum absolute atomic E-state index is 2.50. The van der Waals surface area contributed by atoms with Gasteiger partial charge in [-0.3, -0.25) is 0 Å². The van der Waals surface area contributed by atoms with Crippen molar-refractivity contribution in [3.63, 3.8) is 0 Å². The summed E-state index contributed by atoms with van der Waals surface area (Å²) >= 11 is 0. The standard InChI is InChI=1S/C69H58N2/c1-69(2)66-34-19-18-31-64(66)65-44-43-59(48-67(65)69)71(58-41-39-50(40-42-58)49-21-8-3-9-22-49)61-46-55(45-60(47-61)70(56-27-14-6-15-28-56)57-29-16-7-17-30-57)51-35-37-54(38-36-51)68-62(52-23-10-4-11-24-52)32-20-33-63(68)53-25-12-5-13-26-53/h4-7,10-20,23-49H,3,8-9,21-22H2,1-2H3. The molecule has 0 unspecified atom stereocenters. The van der Waals surface area contributed by atoms with Crippen LogP contribution in [0.4, 0.5) is 34.1 Å². The van der Waals surface area contributed by atoms with Crippen molar-refractivity contribution in [1.29, 1.82) is 0 Å². The first-order valence-electron chi connectivity index (χ1n) is 25.5. The molecule has 0 N–H and O–H groups in total. The molecular weight excluding hydrogens is 857 g/mol. The summed E-state index contributed by atoms with van der Waals surface area (Å²) in [4.78, 5) is 4.90. The Morgan fingerprint density at radius 2 is 0.775 bits per heavy atom. The molecular formula is C69H58N2. The minimum absolute atomic E-state index is 0.149. The van der Waals surface area contributed by atoms with E-state index < -0.39 is 0 Å². The summed E-state index contributed by atoms with van der Waals surface area (Å²) in [5.74, 6) is 0.622. The average molecular weight is 915 g/mol. The lowest BCUT2D eigenvalue weighted by Gasteiger charge is -2.31. The second-order valence-electron chi connectivity index (χ2n) is 19.9. The zero-order valence-electron chi connectivity index (χ0n) is 40.7. The molecule has 0 amide bonds. The molecule has 12 rings (SSSR count). The lowest BCUT2D eigenvalue weighted by molar-refractivity contribution is 0.443. The van der Waals surface area contributed by atoms with Crippen LogP contribution in [-0.2, 0) is 5.41 Å². The summed E-state index contributed by atoms with van der Waals surface area (Å²) in [6, 6.07) is 92.0. The van der Waals surface area contributed by atoms with Crippen molar-refractivity contribution in [2.24, 2.45) is 0 Å². The van der Waals surface area contributed by atoms with Crippen molar-refractivity contribution in [2.75, 3.05) is 9.80 Å². The van der Waals surface area contributed by atoms with Crippen LogP contribution in [0.15, 0.2) is 249 Å². The van der Waals surface area contributed by atoms with Gasteiger partial charge in [0.2, 0.25) is 0 Å².